The van der Waals surface area contributed by atoms with Crippen molar-refractivity contribution in [3.63, 3.8) is 0 Å². The quantitative estimate of drug-likeness (QED) is 0.761. The fourth-order valence-electron chi connectivity index (χ4n) is 3.20. The maximum Gasteiger partial charge on any atom is 0.305 e. The molecule has 1 fully saturated rings. The van der Waals surface area contributed by atoms with Gasteiger partial charge in [0.15, 0.2) is 0 Å². The molecule has 6 nitrogen and oxygen atoms in total. The van der Waals surface area contributed by atoms with Gasteiger partial charge in [0.1, 0.15) is 0 Å². The highest BCUT2D eigenvalue weighted by Crippen LogP contribution is 2.23. The topological polar surface area (TPSA) is 86.7 Å². The van der Waals surface area contributed by atoms with Crippen LogP contribution >= 0.6 is 11.6 Å². The summed E-state index contributed by atoms with van der Waals surface area (Å²) < 4.78 is 0. The number of carbonyl (C=O) groups is 3. The smallest absolute Gasteiger partial charge is 0.305 e. The first-order chi connectivity index (χ1) is 12.4. The Morgan fingerprint density at radius 3 is 2.62 bits per heavy atom. The molecule has 1 heterocycles. The van der Waals surface area contributed by atoms with E-state index in [1.54, 1.807) is 29.2 Å². The number of hydrogen-bond acceptors (Lipinski definition) is 3. The molecular weight excluding hydrogens is 356 g/mol. The summed E-state index contributed by atoms with van der Waals surface area (Å²) in [6, 6.07) is 6.15. The van der Waals surface area contributed by atoms with Crippen LogP contribution in [0.15, 0.2) is 24.3 Å². The van der Waals surface area contributed by atoms with Crippen molar-refractivity contribution in [2.75, 3.05) is 13.1 Å². The SMILES string of the molecule is CCCC(=O)N1CCCC(C(=O)N[C@@H](CC(=O)O)c2ccc(Cl)cc2)C1. The molecule has 2 N–H and O–H groups in total. The number of halogens is 1. The monoisotopic (exact) mass is 380 g/mol. The van der Waals surface area contributed by atoms with Gasteiger partial charge in [-0.05, 0) is 37.0 Å². The lowest BCUT2D eigenvalue weighted by atomic mass is 9.95. The summed E-state index contributed by atoms with van der Waals surface area (Å²) >= 11 is 5.88. The van der Waals surface area contributed by atoms with E-state index in [-0.39, 0.29) is 24.2 Å². The lowest BCUT2D eigenvalue weighted by Gasteiger charge is -2.33. The van der Waals surface area contributed by atoms with E-state index in [1.807, 2.05) is 6.92 Å². The molecule has 7 heteroatoms. The molecule has 1 aliphatic rings. The minimum Gasteiger partial charge on any atom is -0.481 e. The molecule has 0 bridgehead atoms. The largest absolute Gasteiger partial charge is 0.481 e. The third-order valence-corrected chi connectivity index (χ3v) is 4.83. The highest BCUT2D eigenvalue weighted by molar-refractivity contribution is 6.30. The van der Waals surface area contributed by atoms with Crippen LogP contribution in [0.3, 0.4) is 0 Å². The summed E-state index contributed by atoms with van der Waals surface area (Å²) in [6.07, 6.45) is 2.53. The Morgan fingerprint density at radius 1 is 1.31 bits per heavy atom. The van der Waals surface area contributed by atoms with Gasteiger partial charge in [-0.2, -0.15) is 0 Å². The van der Waals surface area contributed by atoms with Gasteiger partial charge in [0.05, 0.1) is 18.4 Å². The number of likely N-dealkylation sites (tertiary alicyclic amines) is 1. The molecule has 0 radical (unpaired) electrons. The van der Waals surface area contributed by atoms with Crippen molar-refractivity contribution in [3.8, 4) is 0 Å². The summed E-state index contributed by atoms with van der Waals surface area (Å²) in [7, 11) is 0. The molecular formula is C19H25ClN2O4. The predicted octanol–water partition coefficient (Wildman–Crippen LogP) is 3.01. The van der Waals surface area contributed by atoms with Crippen LogP contribution in [0, 0.1) is 5.92 Å². The van der Waals surface area contributed by atoms with Gasteiger partial charge < -0.3 is 15.3 Å². The average molecular weight is 381 g/mol. The highest BCUT2D eigenvalue weighted by Gasteiger charge is 2.30. The lowest BCUT2D eigenvalue weighted by Crippen LogP contribution is -2.46. The highest BCUT2D eigenvalue weighted by atomic mass is 35.5. The second-order valence-corrected chi connectivity index (χ2v) is 7.08. The zero-order valence-electron chi connectivity index (χ0n) is 14.9. The van der Waals surface area contributed by atoms with E-state index >= 15 is 0 Å². The molecule has 0 spiro atoms. The average Bonchev–Trinajstić information content (AvgIpc) is 2.61. The Kier molecular flexibility index (Phi) is 7.45. The van der Waals surface area contributed by atoms with E-state index in [0.29, 0.717) is 36.5 Å². The fourth-order valence-corrected chi connectivity index (χ4v) is 3.33. The Hall–Kier alpha value is -2.08. The van der Waals surface area contributed by atoms with E-state index in [0.717, 1.165) is 12.8 Å². The van der Waals surface area contributed by atoms with Crippen molar-refractivity contribution in [1.29, 1.82) is 0 Å². The van der Waals surface area contributed by atoms with Gasteiger partial charge in [-0.25, -0.2) is 0 Å². The molecule has 0 aliphatic carbocycles. The summed E-state index contributed by atoms with van der Waals surface area (Å²) in [5.74, 6) is -1.44. The van der Waals surface area contributed by atoms with Crippen molar-refractivity contribution < 1.29 is 19.5 Å². The van der Waals surface area contributed by atoms with Crippen LogP contribution in [-0.4, -0.2) is 40.9 Å². The maximum absolute atomic E-state index is 12.7. The molecule has 2 rings (SSSR count). The molecule has 0 saturated carbocycles. The number of carboxylic acid groups (broad SMARTS) is 1. The first-order valence-electron chi connectivity index (χ1n) is 8.96. The van der Waals surface area contributed by atoms with Gasteiger partial charge in [-0.3, -0.25) is 14.4 Å². The van der Waals surface area contributed by atoms with Gasteiger partial charge in [0, 0.05) is 24.5 Å². The normalized spacial score (nSPS) is 18.2. The summed E-state index contributed by atoms with van der Waals surface area (Å²) in [5, 5.41) is 12.6. The van der Waals surface area contributed by atoms with Crippen molar-refractivity contribution in [2.24, 2.45) is 5.92 Å². The Balaban J connectivity index is 2.04. The van der Waals surface area contributed by atoms with E-state index in [9.17, 15) is 14.4 Å². The van der Waals surface area contributed by atoms with Gasteiger partial charge in [-0.1, -0.05) is 30.7 Å². The molecule has 0 aromatic heterocycles. The number of hydrogen-bond donors (Lipinski definition) is 2. The third-order valence-electron chi connectivity index (χ3n) is 4.58. The number of nitrogens with zero attached hydrogens (tertiary/aromatic N) is 1. The van der Waals surface area contributed by atoms with E-state index < -0.39 is 12.0 Å². The lowest BCUT2D eigenvalue weighted by molar-refractivity contribution is -0.138. The van der Waals surface area contributed by atoms with Crippen molar-refractivity contribution in [1.82, 2.24) is 10.2 Å². The standard InChI is InChI=1S/C19H25ClN2O4/c1-2-4-17(23)22-10-3-5-14(12-22)19(26)21-16(11-18(24)25)13-6-8-15(20)9-7-13/h6-9,14,16H,2-5,10-12H2,1H3,(H,21,26)(H,24,25)/t14?,16-/m0/s1. The molecule has 2 atom stereocenters. The number of piperidine rings is 1. The molecule has 1 unspecified atom stereocenters. The van der Waals surface area contributed by atoms with Gasteiger partial charge in [0.2, 0.25) is 11.8 Å². The fraction of sp³-hybridized carbons (Fsp3) is 0.526. The van der Waals surface area contributed by atoms with E-state index in [4.69, 9.17) is 16.7 Å². The van der Waals surface area contributed by atoms with Crippen molar-refractivity contribution in [2.45, 2.75) is 45.1 Å². The minimum absolute atomic E-state index is 0.0739. The number of carbonyl (C=O) groups excluding carboxylic acids is 2. The second kappa shape index (κ2) is 9.57. The van der Waals surface area contributed by atoms with Gasteiger partial charge in [-0.15, -0.1) is 0 Å². The summed E-state index contributed by atoms with van der Waals surface area (Å²) in [6.45, 7) is 3.03. The van der Waals surface area contributed by atoms with Gasteiger partial charge in [0.25, 0.3) is 0 Å². The number of benzene rings is 1. The third kappa shape index (κ3) is 5.73. The van der Waals surface area contributed by atoms with Crippen LogP contribution in [0.25, 0.3) is 0 Å². The Morgan fingerprint density at radius 2 is 2.00 bits per heavy atom. The van der Waals surface area contributed by atoms with E-state index in [2.05, 4.69) is 5.32 Å². The number of carboxylic acids is 1. The van der Waals surface area contributed by atoms with Crippen LogP contribution in [-0.2, 0) is 14.4 Å². The summed E-state index contributed by atoms with van der Waals surface area (Å²) in [4.78, 5) is 37.7. The molecule has 26 heavy (non-hydrogen) atoms. The van der Waals surface area contributed by atoms with Gasteiger partial charge >= 0.3 is 5.97 Å². The molecule has 1 aliphatic heterocycles. The van der Waals surface area contributed by atoms with Crippen molar-refractivity contribution >= 4 is 29.4 Å². The van der Waals surface area contributed by atoms with Crippen LogP contribution in [0.1, 0.15) is 50.6 Å². The molecule has 1 saturated heterocycles. The molecule has 1 aromatic carbocycles. The second-order valence-electron chi connectivity index (χ2n) is 6.64. The van der Waals surface area contributed by atoms with Crippen molar-refractivity contribution in [3.05, 3.63) is 34.9 Å². The van der Waals surface area contributed by atoms with Crippen LogP contribution in [0.2, 0.25) is 5.02 Å². The van der Waals surface area contributed by atoms with Crippen LogP contribution in [0.4, 0.5) is 0 Å². The zero-order chi connectivity index (χ0) is 19.1. The first kappa shape index (κ1) is 20.2. The Bertz CT molecular complexity index is 647. The molecule has 1 aromatic rings. The van der Waals surface area contributed by atoms with E-state index in [1.165, 1.54) is 0 Å². The maximum atomic E-state index is 12.7. The molecule has 2 amide bonds. The number of aliphatic carboxylic acids is 1. The first-order valence-corrected chi connectivity index (χ1v) is 9.34. The number of nitrogens with one attached hydrogen (secondary N) is 1. The van der Waals surface area contributed by atoms with Crippen LogP contribution in [0.5, 0.6) is 0 Å². The predicted molar refractivity (Wildman–Crippen MR) is 98.8 cm³/mol. The Labute approximate surface area is 158 Å². The summed E-state index contributed by atoms with van der Waals surface area (Å²) in [5.41, 5.74) is 0.694. The van der Waals surface area contributed by atoms with Crippen LogP contribution < -0.4 is 5.32 Å². The zero-order valence-corrected chi connectivity index (χ0v) is 15.7. The number of rotatable bonds is 7. The molecule has 142 valence electrons. The number of amides is 2. The minimum atomic E-state index is -0.992.